The zero-order chi connectivity index (χ0) is 23.3. The predicted octanol–water partition coefficient (Wildman–Crippen LogP) is 4.65. The molecular formula is C25H23N3O3S2. The quantitative estimate of drug-likeness (QED) is 0.387. The maximum atomic E-state index is 13.2. The highest BCUT2D eigenvalue weighted by Crippen LogP contribution is 2.28. The minimum absolute atomic E-state index is 0.111. The van der Waals surface area contributed by atoms with Crippen LogP contribution in [0.15, 0.2) is 96.0 Å². The summed E-state index contributed by atoms with van der Waals surface area (Å²) in [4.78, 5) is 18.5. The van der Waals surface area contributed by atoms with Crippen molar-refractivity contribution in [3.8, 4) is 10.4 Å². The molecule has 168 valence electrons. The molecule has 33 heavy (non-hydrogen) atoms. The predicted molar refractivity (Wildman–Crippen MR) is 132 cm³/mol. The van der Waals surface area contributed by atoms with Crippen LogP contribution in [0.1, 0.15) is 11.1 Å². The van der Waals surface area contributed by atoms with Crippen LogP contribution in [0.5, 0.6) is 0 Å². The maximum Gasteiger partial charge on any atom is 0.244 e. The second-order valence-corrected chi connectivity index (χ2v) is 10.3. The van der Waals surface area contributed by atoms with Crippen LogP contribution in [0, 0.1) is 6.92 Å². The summed E-state index contributed by atoms with van der Waals surface area (Å²) in [5.41, 5.74) is 2.79. The third kappa shape index (κ3) is 5.92. The summed E-state index contributed by atoms with van der Waals surface area (Å²) in [6.45, 7) is 1.88. The minimum Gasteiger partial charge on any atom is -0.301 e. The van der Waals surface area contributed by atoms with Gasteiger partial charge in [0.05, 0.1) is 9.77 Å². The molecule has 0 aliphatic rings. The van der Waals surface area contributed by atoms with Crippen molar-refractivity contribution in [1.29, 1.82) is 0 Å². The number of hydrogen-bond donors (Lipinski definition) is 2. The normalized spacial score (nSPS) is 12.3. The lowest BCUT2D eigenvalue weighted by Crippen LogP contribution is -2.45. The van der Waals surface area contributed by atoms with Crippen molar-refractivity contribution in [3.05, 3.63) is 102 Å². The number of nitrogens with zero attached hydrogens (tertiary/aromatic N) is 1. The molecule has 3 aromatic carbocycles. The van der Waals surface area contributed by atoms with Gasteiger partial charge >= 0.3 is 0 Å². The molecule has 1 amide bonds. The Morgan fingerprint density at radius 3 is 2.24 bits per heavy atom. The molecule has 4 aromatic rings. The summed E-state index contributed by atoms with van der Waals surface area (Å²) in [5.74, 6) is -0.469. The largest absolute Gasteiger partial charge is 0.301 e. The summed E-state index contributed by atoms with van der Waals surface area (Å²) in [5, 5.41) is 3.19. The Hall–Kier alpha value is -3.33. The van der Waals surface area contributed by atoms with Crippen molar-refractivity contribution in [1.82, 2.24) is 9.71 Å². The van der Waals surface area contributed by atoms with E-state index in [0.29, 0.717) is 5.13 Å². The van der Waals surface area contributed by atoms with E-state index < -0.39 is 22.0 Å². The number of hydrogen-bond acceptors (Lipinski definition) is 5. The second kappa shape index (κ2) is 10.1. The van der Waals surface area contributed by atoms with Crippen molar-refractivity contribution < 1.29 is 13.2 Å². The molecule has 1 aromatic heterocycles. The highest BCUT2D eigenvalue weighted by Gasteiger charge is 2.27. The van der Waals surface area contributed by atoms with Gasteiger partial charge in [0, 0.05) is 6.20 Å². The van der Waals surface area contributed by atoms with E-state index in [4.69, 9.17) is 0 Å². The summed E-state index contributed by atoms with van der Waals surface area (Å²) >= 11 is 1.33. The smallest absolute Gasteiger partial charge is 0.244 e. The fraction of sp³-hybridized carbons (Fsp3) is 0.120. The van der Waals surface area contributed by atoms with Gasteiger partial charge in [-0.3, -0.25) is 4.79 Å². The Labute approximate surface area is 197 Å². The molecule has 8 heteroatoms. The molecule has 1 heterocycles. The van der Waals surface area contributed by atoms with E-state index in [-0.39, 0.29) is 11.3 Å². The number of sulfonamides is 1. The van der Waals surface area contributed by atoms with Crippen molar-refractivity contribution in [2.75, 3.05) is 5.32 Å². The van der Waals surface area contributed by atoms with Crippen LogP contribution in [-0.2, 0) is 21.2 Å². The minimum atomic E-state index is -3.90. The van der Waals surface area contributed by atoms with Gasteiger partial charge in [-0.2, -0.15) is 4.72 Å². The van der Waals surface area contributed by atoms with Gasteiger partial charge in [0.2, 0.25) is 15.9 Å². The number of aromatic nitrogens is 1. The van der Waals surface area contributed by atoms with Crippen LogP contribution in [0.4, 0.5) is 5.13 Å². The first-order valence-electron chi connectivity index (χ1n) is 10.4. The Morgan fingerprint density at radius 2 is 1.58 bits per heavy atom. The Balaban J connectivity index is 1.56. The number of benzene rings is 3. The van der Waals surface area contributed by atoms with Crippen LogP contribution < -0.4 is 10.0 Å². The van der Waals surface area contributed by atoms with E-state index in [1.165, 1.54) is 23.5 Å². The lowest BCUT2D eigenvalue weighted by molar-refractivity contribution is -0.117. The number of anilines is 1. The Morgan fingerprint density at radius 1 is 0.939 bits per heavy atom. The van der Waals surface area contributed by atoms with E-state index >= 15 is 0 Å². The van der Waals surface area contributed by atoms with Crippen LogP contribution in [0.3, 0.4) is 0 Å². The van der Waals surface area contributed by atoms with Crippen molar-refractivity contribution in [3.63, 3.8) is 0 Å². The fourth-order valence-electron chi connectivity index (χ4n) is 3.27. The lowest BCUT2D eigenvalue weighted by Gasteiger charge is -2.18. The highest BCUT2D eigenvalue weighted by molar-refractivity contribution is 7.89. The van der Waals surface area contributed by atoms with E-state index in [9.17, 15) is 13.2 Å². The monoisotopic (exact) mass is 477 g/mol. The van der Waals surface area contributed by atoms with Gasteiger partial charge < -0.3 is 5.32 Å². The molecule has 4 rings (SSSR count). The van der Waals surface area contributed by atoms with Gasteiger partial charge in [0.25, 0.3) is 0 Å². The maximum absolute atomic E-state index is 13.2. The number of aryl methyl sites for hydroxylation is 1. The van der Waals surface area contributed by atoms with Crippen molar-refractivity contribution in [2.24, 2.45) is 0 Å². The third-order valence-corrected chi connectivity index (χ3v) is 7.47. The third-order valence-electron chi connectivity index (χ3n) is 5.02. The zero-order valence-electron chi connectivity index (χ0n) is 17.9. The van der Waals surface area contributed by atoms with Gasteiger partial charge in [0.15, 0.2) is 5.13 Å². The van der Waals surface area contributed by atoms with Gasteiger partial charge in [-0.1, -0.05) is 89.7 Å². The Kier molecular flexibility index (Phi) is 6.98. The molecule has 2 N–H and O–H groups in total. The van der Waals surface area contributed by atoms with E-state index in [2.05, 4.69) is 15.0 Å². The number of carbonyl (C=O) groups excluding carboxylic acids is 1. The van der Waals surface area contributed by atoms with Crippen LogP contribution in [0.25, 0.3) is 10.4 Å². The summed E-state index contributed by atoms with van der Waals surface area (Å²) < 4.78 is 28.5. The van der Waals surface area contributed by atoms with E-state index in [1.807, 2.05) is 67.6 Å². The van der Waals surface area contributed by atoms with Crippen molar-refractivity contribution >= 4 is 32.4 Å². The SMILES string of the molecule is Cc1ccc(S(=O)(=O)N[C@@H](Cc2ccccc2)C(=O)Nc2ncc(-c3ccccc3)s2)cc1. The first-order chi connectivity index (χ1) is 15.9. The highest BCUT2D eigenvalue weighted by atomic mass is 32.2. The molecule has 0 saturated heterocycles. The molecule has 0 unspecified atom stereocenters. The number of amides is 1. The zero-order valence-corrected chi connectivity index (χ0v) is 19.6. The van der Waals surface area contributed by atoms with Gasteiger partial charge in [-0.05, 0) is 36.6 Å². The average molecular weight is 478 g/mol. The average Bonchev–Trinajstić information content (AvgIpc) is 3.28. The summed E-state index contributed by atoms with van der Waals surface area (Å²) in [6.07, 6.45) is 1.90. The molecule has 0 aliphatic heterocycles. The molecule has 0 spiro atoms. The van der Waals surface area contributed by atoms with E-state index in [1.54, 1.807) is 18.3 Å². The fourth-order valence-corrected chi connectivity index (χ4v) is 5.29. The molecule has 0 bridgehead atoms. The standard InChI is InChI=1S/C25H23N3O3S2/c1-18-12-14-21(15-13-18)33(30,31)28-22(16-19-8-4-2-5-9-19)24(29)27-25-26-17-23(32-25)20-10-6-3-7-11-20/h2-15,17,22,28H,16H2,1H3,(H,26,27,29)/t22-/m0/s1. The molecule has 0 fully saturated rings. The molecule has 0 radical (unpaired) electrons. The van der Waals surface area contributed by atoms with Crippen LogP contribution >= 0.6 is 11.3 Å². The number of rotatable bonds is 8. The number of carbonyl (C=O) groups is 1. The molecule has 1 atom stereocenters. The Bertz CT molecular complexity index is 1320. The van der Waals surface area contributed by atoms with E-state index in [0.717, 1.165) is 21.6 Å². The molecule has 0 saturated carbocycles. The first kappa shape index (κ1) is 22.8. The van der Waals surface area contributed by atoms with Gasteiger partial charge in [-0.25, -0.2) is 13.4 Å². The van der Waals surface area contributed by atoms with Crippen LogP contribution in [0.2, 0.25) is 0 Å². The summed E-state index contributed by atoms with van der Waals surface area (Å²) in [6, 6.07) is 24.5. The number of nitrogens with one attached hydrogen (secondary N) is 2. The number of thiazole rings is 1. The van der Waals surface area contributed by atoms with Gasteiger partial charge in [-0.15, -0.1) is 0 Å². The lowest BCUT2D eigenvalue weighted by atomic mass is 10.1. The molecule has 6 nitrogen and oxygen atoms in total. The van der Waals surface area contributed by atoms with Crippen molar-refractivity contribution in [2.45, 2.75) is 24.3 Å². The molecular weight excluding hydrogens is 454 g/mol. The summed E-state index contributed by atoms with van der Waals surface area (Å²) in [7, 11) is -3.90. The second-order valence-electron chi connectivity index (χ2n) is 7.56. The first-order valence-corrected chi connectivity index (χ1v) is 12.7. The topological polar surface area (TPSA) is 88.2 Å². The van der Waals surface area contributed by atoms with Gasteiger partial charge in [0.1, 0.15) is 6.04 Å². The molecule has 0 aliphatic carbocycles. The van der Waals surface area contributed by atoms with Crippen LogP contribution in [-0.4, -0.2) is 25.4 Å².